The third kappa shape index (κ3) is 3.82. The van der Waals surface area contributed by atoms with Crippen LogP contribution in [0, 0.1) is 6.92 Å². The minimum atomic E-state index is 0.00931. The van der Waals surface area contributed by atoms with Gasteiger partial charge in [0.15, 0.2) is 0 Å². The highest BCUT2D eigenvalue weighted by atomic mass is 16.5. The van der Waals surface area contributed by atoms with E-state index in [1.54, 1.807) is 10.9 Å². The maximum atomic E-state index is 11.7. The van der Waals surface area contributed by atoms with E-state index >= 15 is 0 Å². The highest BCUT2D eigenvalue weighted by molar-refractivity contribution is 5.75. The van der Waals surface area contributed by atoms with E-state index in [2.05, 4.69) is 15.3 Å². The smallest absolute Gasteiger partial charge is 0.241 e. The molecule has 1 N–H and O–H groups in total. The van der Waals surface area contributed by atoms with Gasteiger partial charge in [-0.25, -0.2) is 0 Å². The van der Waals surface area contributed by atoms with Crippen molar-refractivity contribution in [2.45, 2.75) is 13.5 Å². The zero-order valence-corrected chi connectivity index (χ0v) is 10.8. The Morgan fingerprint density at radius 1 is 1.50 bits per heavy atom. The van der Waals surface area contributed by atoms with E-state index in [0.717, 1.165) is 38.5 Å². The minimum Gasteiger partial charge on any atom is -0.379 e. The van der Waals surface area contributed by atoms with Crippen molar-refractivity contribution in [3.05, 3.63) is 18.0 Å². The van der Waals surface area contributed by atoms with Gasteiger partial charge in [-0.2, -0.15) is 5.10 Å². The van der Waals surface area contributed by atoms with Gasteiger partial charge < -0.3 is 10.1 Å². The Morgan fingerprint density at radius 2 is 2.28 bits per heavy atom. The second-order valence-corrected chi connectivity index (χ2v) is 4.43. The Labute approximate surface area is 107 Å². The minimum absolute atomic E-state index is 0.00931. The molecule has 0 aliphatic carbocycles. The zero-order valence-electron chi connectivity index (χ0n) is 10.8. The molecule has 1 aromatic heterocycles. The molecule has 1 amide bonds. The second kappa shape index (κ2) is 6.51. The fraction of sp³-hybridized carbons (Fsp3) is 0.667. The summed E-state index contributed by atoms with van der Waals surface area (Å²) in [5, 5.41) is 7.00. The van der Waals surface area contributed by atoms with E-state index in [1.807, 2.05) is 13.0 Å². The summed E-state index contributed by atoms with van der Waals surface area (Å²) in [7, 11) is 0. The van der Waals surface area contributed by atoms with Crippen LogP contribution in [-0.4, -0.2) is 60.0 Å². The Morgan fingerprint density at radius 3 is 2.94 bits per heavy atom. The number of ether oxygens (including phenoxy) is 1. The highest BCUT2D eigenvalue weighted by Gasteiger charge is 2.10. The van der Waals surface area contributed by atoms with Gasteiger partial charge in [0.2, 0.25) is 5.91 Å². The summed E-state index contributed by atoms with van der Waals surface area (Å²) >= 11 is 0. The predicted molar refractivity (Wildman–Crippen MR) is 67.2 cm³/mol. The standard InChI is InChI=1S/C12H20N4O2/c1-11-2-3-14-16(11)10-12(17)13-4-5-15-6-8-18-9-7-15/h2-3H,4-10H2,1H3,(H,13,17). The number of aromatic nitrogens is 2. The molecule has 18 heavy (non-hydrogen) atoms. The molecule has 1 aliphatic rings. The summed E-state index contributed by atoms with van der Waals surface area (Å²) in [4.78, 5) is 14.0. The molecule has 0 spiro atoms. The SMILES string of the molecule is Cc1ccnn1CC(=O)NCCN1CCOCC1. The Balaban J connectivity index is 1.64. The van der Waals surface area contributed by atoms with Crippen LogP contribution >= 0.6 is 0 Å². The Hall–Kier alpha value is -1.40. The normalized spacial score (nSPS) is 16.7. The first-order valence-electron chi connectivity index (χ1n) is 6.31. The molecule has 100 valence electrons. The maximum absolute atomic E-state index is 11.7. The number of carbonyl (C=O) groups is 1. The lowest BCUT2D eigenvalue weighted by Crippen LogP contribution is -2.41. The van der Waals surface area contributed by atoms with E-state index < -0.39 is 0 Å². The number of hydrogen-bond acceptors (Lipinski definition) is 4. The van der Waals surface area contributed by atoms with E-state index in [4.69, 9.17) is 4.74 Å². The molecule has 1 aliphatic heterocycles. The molecule has 0 radical (unpaired) electrons. The first-order chi connectivity index (χ1) is 8.75. The van der Waals surface area contributed by atoms with E-state index in [0.29, 0.717) is 13.1 Å². The molecule has 6 heteroatoms. The fourth-order valence-electron chi connectivity index (χ4n) is 1.93. The van der Waals surface area contributed by atoms with Crippen LogP contribution in [0.5, 0.6) is 0 Å². The summed E-state index contributed by atoms with van der Waals surface area (Å²) < 4.78 is 6.97. The van der Waals surface area contributed by atoms with Crippen molar-refractivity contribution < 1.29 is 9.53 Å². The van der Waals surface area contributed by atoms with Crippen LogP contribution < -0.4 is 5.32 Å². The Kier molecular flexibility index (Phi) is 4.72. The number of carbonyl (C=O) groups excluding carboxylic acids is 1. The van der Waals surface area contributed by atoms with Gasteiger partial charge in [-0.05, 0) is 13.0 Å². The summed E-state index contributed by atoms with van der Waals surface area (Å²) in [6.45, 7) is 7.28. The van der Waals surface area contributed by atoms with Crippen LogP contribution in [0.1, 0.15) is 5.69 Å². The van der Waals surface area contributed by atoms with Crippen LogP contribution in [0.4, 0.5) is 0 Å². The van der Waals surface area contributed by atoms with Crippen molar-refractivity contribution >= 4 is 5.91 Å². The molecule has 0 saturated carbocycles. The molecule has 6 nitrogen and oxygen atoms in total. The number of aryl methyl sites for hydroxylation is 1. The maximum Gasteiger partial charge on any atom is 0.241 e. The monoisotopic (exact) mass is 252 g/mol. The van der Waals surface area contributed by atoms with Gasteiger partial charge >= 0.3 is 0 Å². The third-order valence-electron chi connectivity index (χ3n) is 3.08. The van der Waals surface area contributed by atoms with E-state index in [1.165, 1.54) is 0 Å². The van der Waals surface area contributed by atoms with Gasteiger partial charge in [0, 0.05) is 38.1 Å². The largest absolute Gasteiger partial charge is 0.379 e. The molecule has 1 fully saturated rings. The molecule has 1 aromatic rings. The first-order valence-corrected chi connectivity index (χ1v) is 6.31. The summed E-state index contributed by atoms with van der Waals surface area (Å²) in [5.74, 6) is 0.00931. The third-order valence-corrected chi connectivity index (χ3v) is 3.08. The van der Waals surface area contributed by atoms with Gasteiger partial charge in [0.25, 0.3) is 0 Å². The van der Waals surface area contributed by atoms with E-state index in [-0.39, 0.29) is 5.91 Å². The predicted octanol–water partition coefficient (Wildman–Crippen LogP) is -0.360. The lowest BCUT2D eigenvalue weighted by Gasteiger charge is -2.26. The number of nitrogens with one attached hydrogen (secondary N) is 1. The number of amides is 1. The van der Waals surface area contributed by atoms with E-state index in [9.17, 15) is 4.79 Å². The van der Waals surface area contributed by atoms with Crippen molar-refractivity contribution in [2.75, 3.05) is 39.4 Å². The fourth-order valence-corrected chi connectivity index (χ4v) is 1.93. The van der Waals surface area contributed by atoms with Gasteiger partial charge in [-0.3, -0.25) is 14.4 Å². The quantitative estimate of drug-likeness (QED) is 0.777. The summed E-state index contributed by atoms with van der Waals surface area (Å²) in [5.41, 5.74) is 0.998. The molecule has 0 unspecified atom stereocenters. The molecule has 0 bridgehead atoms. The van der Waals surface area contributed by atoms with Crippen LogP contribution in [0.3, 0.4) is 0 Å². The average Bonchev–Trinajstić information content (AvgIpc) is 2.76. The average molecular weight is 252 g/mol. The van der Waals surface area contributed by atoms with Crippen LogP contribution in [0.15, 0.2) is 12.3 Å². The second-order valence-electron chi connectivity index (χ2n) is 4.43. The molecular formula is C12H20N4O2. The first kappa shape index (κ1) is 13.0. The van der Waals surface area contributed by atoms with Gasteiger partial charge in [-0.15, -0.1) is 0 Å². The van der Waals surface area contributed by atoms with Crippen molar-refractivity contribution in [3.8, 4) is 0 Å². The van der Waals surface area contributed by atoms with Crippen LogP contribution in [0.2, 0.25) is 0 Å². The Bertz CT molecular complexity index is 385. The van der Waals surface area contributed by atoms with Crippen molar-refractivity contribution in [3.63, 3.8) is 0 Å². The van der Waals surface area contributed by atoms with Gasteiger partial charge in [0.05, 0.1) is 13.2 Å². The number of hydrogen-bond donors (Lipinski definition) is 1. The molecule has 0 atom stereocenters. The topological polar surface area (TPSA) is 59.4 Å². The lowest BCUT2D eigenvalue weighted by atomic mass is 10.4. The van der Waals surface area contributed by atoms with Crippen molar-refractivity contribution in [2.24, 2.45) is 0 Å². The highest BCUT2D eigenvalue weighted by Crippen LogP contribution is 1.96. The summed E-state index contributed by atoms with van der Waals surface area (Å²) in [6.07, 6.45) is 1.70. The van der Waals surface area contributed by atoms with Gasteiger partial charge in [-0.1, -0.05) is 0 Å². The van der Waals surface area contributed by atoms with Crippen LogP contribution in [0.25, 0.3) is 0 Å². The van der Waals surface area contributed by atoms with Gasteiger partial charge in [0.1, 0.15) is 6.54 Å². The molecule has 2 rings (SSSR count). The lowest BCUT2D eigenvalue weighted by molar-refractivity contribution is -0.121. The number of rotatable bonds is 5. The van der Waals surface area contributed by atoms with Crippen molar-refractivity contribution in [1.29, 1.82) is 0 Å². The van der Waals surface area contributed by atoms with Crippen molar-refractivity contribution in [1.82, 2.24) is 20.0 Å². The zero-order chi connectivity index (χ0) is 12.8. The molecule has 0 aromatic carbocycles. The summed E-state index contributed by atoms with van der Waals surface area (Å²) in [6, 6.07) is 1.89. The number of nitrogens with zero attached hydrogens (tertiary/aromatic N) is 3. The molecule has 1 saturated heterocycles. The number of morpholine rings is 1. The molecular weight excluding hydrogens is 232 g/mol. The van der Waals surface area contributed by atoms with Crippen LogP contribution in [-0.2, 0) is 16.1 Å². The molecule has 2 heterocycles.